The van der Waals surface area contributed by atoms with Gasteiger partial charge in [0.15, 0.2) is 0 Å². The Labute approximate surface area is 71.2 Å². The summed E-state index contributed by atoms with van der Waals surface area (Å²) in [6, 6.07) is 0.113. The summed E-state index contributed by atoms with van der Waals surface area (Å²) in [6.07, 6.45) is 0.160. The molecule has 4 heteroatoms. The third-order valence-electron chi connectivity index (χ3n) is 2.13. The highest BCUT2D eigenvalue weighted by Gasteiger charge is 2.35. The first kappa shape index (κ1) is 9.03. The maximum absolute atomic E-state index is 11.2. The van der Waals surface area contributed by atoms with Crippen LogP contribution in [0, 0.1) is 5.92 Å². The van der Waals surface area contributed by atoms with E-state index in [2.05, 4.69) is 0 Å². The van der Waals surface area contributed by atoms with Gasteiger partial charge in [-0.2, -0.15) is 0 Å². The van der Waals surface area contributed by atoms with Crippen LogP contribution in [0.4, 0.5) is 0 Å². The van der Waals surface area contributed by atoms with Crippen LogP contribution >= 0.6 is 0 Å². The third kappa shape index (κ3) is 1.57. The molecular formula is C8H13NO3. The summed E-state index contributed by atoms with van der Waals surface area (Å²) in [5, 5.41) is 8.65. The van der Waals surface area contributed by atoms with Gasteiger partial charge in [-0.1, -0.05) is 0 Å². The molecule has 1 N–H and O–H groups in total. The van der Waals surface area contributed by atoms with E-state index in [0.29, 0.717) is 6.54 Å². The molecule has 4 nitrogen and oxygen atoms in total. The number of carboxylic acid groups (broad SMARTS) is 1. The van der Waals surface area contributed by atoms with Crippen LogP contribution in [0.5, 0.6) is 0 Å². The average molecular weight is 171 g/mol. The highest BCUT2D eigenvalue weighted by molar-refractivity contribution is 5.86. The summed E-state index contributed by atoms with van der Waals surface area (Å²) in [4.78, 5) is 23.3. The Morgan fingerprint density at radius 3 is 2.50 bits per heavy atom. The van der Waals surface area contributed by atoms with Crippen molar-refractivity contribution in [3.8, 4) is 0 Å². The number of carbonyl (C=O) groups excluding carboxylic acids is 1. The molecule has 0 radical (unpaired) electrons. The van der Waals surface area contributed by atoms with Crippen LogP contribution in [-0.4, -0.2) is 34.5 Å². The van der Waals surface area contributed by atoms with Gasteiger partial charge in [-0.05, 0) is 13.8 Å². The van der Waals surface area contributed by atoms with Crippen molar-refractivity contribution >= 4 is 11.9 Å². The normalized spacial score (nSPS) is 23.8. The van der Waals surface area contributed by atoms with E-state index in [1.165, 1.54) is 0 Å². The average Bonchev–Trinajstić information content (AvgIpc) is 2.30. The van der Waals surface area contributed by atoms with Gasteiger partial charge < -0.3 is 10.0 Å². The second kappa shape index (κ2) is 3.13. The number of nitrogens with zero attached hydrogens (tertiary/aromatic N) is 1. The first-order valence-corrected chi connectivity index (χ1v) is 4.04. The van der Waals surface area contributed by atoms with Crippen LogP contribution in [0.2, 0.25) is 0 Å². The van der Waals surface area contributed by atoms with E-state index in [4.69, 9.17) is 5.11 Å². The quantitative estimate of drug-likeness (QED) is 0.651. The van der Waals surface area contributed by atoms with Crippen LogP contribution < -0.4 is 0 Å². The van der Waals surface area contributed by atoms with Crippen molar-refractivity contribution in [1.29, 1.82) is 0 Å². The number of likely N-dealkylation sites (tertiary alicyclic amines) is 1. The molecule has 1 atom stereocenters. The van der Waals surface area contributed by atoms with Crippen molar-refractivity contribution in [2.24, 2.45) is 5.92 Å². The minimum absolute atomic E-state index is 0.0441. The lowest BCUT2D eigenvalue weighted by atomic mass is 10.1. The molecule has 1 rings (SSSR count). The van der Waals surface area contributed by atoms with Gasteiger partial charge in [0.2, 0.25) is 5.91 Å². The molecule has 0 saturated carbocycles. The summed E-state index contributed by atoms with van der Waals surface area (Å²) in [6.45, 7) is 4.15. The van der Waals surface area contributed by atoms with Crippen molar-refractivity contribution in [3.05, 3.63) is 0 Å². The first-order valence-electron chi connectivity index (χ1n) is 4.04. The summed E-state index contributed by atoms with van der Waals surface area (Å²) >= 11 is 0. The molecule has 0 bridgehead atoms. The number of carboxylic acids is 1. The predicted octanol–water partition coefficient (Wildman–Crippen LogP) is 0.328. The molecule has 0 aromatic carbocycles. The second-order valence-corrected chi connectivity index (χ2v) is 3.38. The zero-order chi connectivity index (χ0) is 9.30. The van der Waals surface area contributed by atoms with E-state index in [1.807, 2.05) is 13.8 Å². The Bertz CT molecular complexity index is 212. The predicted molar refractivity (Wildman–Crippen MR) is 42.6 cm³/mol. The van der Waals surface area contributed by atoms with Gasteiger partial charge in [0.25, 0.3) is 0 Å². The van der Waals surface area contributed by atoms with Crippen molar-refractivity contribution in [3.63, 3.8) is 0 Å². The molecule has 1 aliphatic rings. The number of carbonyl (C=O) groups is 2. The van der Waals surface area contributed by atoms with Crippen LogP contribution in [-0.2, 0) is 9.59 Å². The maximum atomic E-state index is 11.2. The molecule has 68 valence electrons. The fourth-order valence-electron chi connectivity index (χ4n) is 1.40. The molecule has 1 heterocycles. The Morgan fingerprint density at radius 2 is 2.25 bits per heavy atom. The summed E-state index contributed by atoms with van der Waals surface area (Å²) in [5.74, 6) is -1.41. The third-order valence-corrected chi connectivity index (χ3v) is 2.13. The van der Waals surface area contributed by atoms with Crippen molar-refractivity contribution in [1.82, 2.24) is 4.90 Å². The number of hydrogen-bond donors (Lipinski definition) is 1. The first-order chi connectivity index (χ1) is 5.52. The zero-order valence-corrected chi connectivity index (χ0v) is 7.28. The number of aliphatic carboxylic acids is 1. The topological polar surface area (TPSA) is 57.6 Å². The summed E-state index contributed by atoms with van der Waals surface area (Å²) in [7, 11) is 0. The molecule has 0 aliphatic carbocycles. The standard InChI is InChI=1S/C8H13NO3/c1-5(2)9-4-6(8(11)12)3-7(9)10/h5-6H,3-4H2,1-2H3,(H,11,12)/t6-/m1/s1. The lowest BCUT2D eigenvalue weighted by molar-refractivity contribution is -0.141. The van der Waals surface area contributed by atoms with E-state index in [0.717, 1.165) is 0 Å². The van der Waals surface area contributed by atoms with E-state index in [1.54, 1.807) is 4.90 Å². The smallest absolute Gasteiger partial charge is 0.308 e. The van der Waals surface area contributed by atoms with E-state index >= 15 is 0 Å². The van der Waals surface area contributed by atoms with Crippen LogP contribution in [0.15, 0.2) is 0 Å². The fraction of sp³-hybridized carbons (Fsp3) is 0.750. The number of amides is 1. The molecule has 12 heavy (non-hydrogen) atoms. The number of rotatable bonds is 2. The van der Waals surface area contributed by atoms with E-state index in [-0.39, 0.29) is 18.4 Å². The van der Waals surface area contributed by atoms with Gasteiger partial charge in [0.05, 0.1) is 5.92 Å². The van der Waals surface area contributed by atoms with Gasteiger partial charge >= 0.3 is 5.97 Å². The van der Waals surface area contributed by atoms with Crippen LogP contribution in [0.3, 0.4) is 0 Å². The molecule has 0 spiro atoms. The van der Waals surface area contributed by atoms with Crippen LogP contribution in [0.1, 0.15) is 20.3 Å². The Morgan fingerprint density at radius 1 is 1.67 bits per heavy atom. The number of hydrogen-bond acceptors (Lipinski definition) is 2. The van der Waals surface area contributed by atoms with Gasteiger partial charge in [0.1, 0.15) is 0 Å². The summed E-state index contributed by atoms with van der Waals surface area (Å²) < 4.78 is 0. The minimum atomic E-state index is -0.869. The second-order valence-electron chi connectivity index (χ2n) is 3.38. The van der Waals surface area contributed by atoms with Crippen molar-refractivity contribution in [2.75, 3.05) is 6.54 Å². The fourth-order valence-corrected chi connectivity index (χ4v) is 1.40. The lowest BCUT2D eigenvalue weighted by Gasteiger charge is -2.20. The highest BCUT2D eigenvalue weighted by Crippen LogP contribution is 2.19. The molecule has 1 fully saturated rings. The Kier molecular flexibility index (Phi) is 2.35. The molecule has 1 amide bonds. The van der Waals surface area contributed by atoms with Gasteiger partial charge in [-0.15, -0.1) is 0 Å². The lowest BCUT2D eigenvalue weighted by Crippen LogP contribution is -2.32. The summed E-state index contributed by atoms with van der Waals surface area (Å²) in [5.41, 5.74) is 0. The zero-order valence-electron chi connectivity index (χ0n) is 7.28. The molecule has 1 aliphatic heterocycles. The van der Waals surface area contributed by atoms with Crippen LogP contribution in [0.25, 0.3) is 0 Å². The largest absolute Gasteiger partial charge is 0.481 e. The molecule has 0 unspecified atom stereocenters. The Balaban J connectivity index is 2.62. The molecule has 0 aromatic heterocycles. The molecule has 1 saturated heterocycles. The van der Waals surface area contributed by atoms with E-state index in [9.17, 15) is 9.59 Å². The minimum Gasteiger partial charge on any atom is -0.481 e. The van der Waals surface area contributed by atoms with Gasteiger partial charge in [-0.3, -0.25) is 9.59 Å². The van der Waals surface area contributed by atoms with E-state index < -0.39 is 11.9 Å². The molecular weight excluding hydrogens is 158 g/mol. The Hall–Kier alpha value is -1.06. The van der Waals surface area contributed by atoms with Gasteiger partial charge in [0, 0.05) is 19.0 Å². The highest BCUT2D eigenvalue weighted by atomic mass is 16.4. The molecule has 0 aromatic rings. The van der Waals surface area contributed by atoms with Crippen molar-refractivity contribution < 1.29 is 14.7 Å². The monoisotopic (exact) mass is 171 g/mol. The van der Waals surface area contributed by atoms with Crippen molar-refractivity contribution in [2.45, 2.75) is 26.3 Å². The maximum Gasteiger partial charge on any atom is 0.308 e. The SMILES string of the molecule is CC(C)N1C[C@H](C(=O)O)CC1=O. The van der Waals surface area contributed by atoms with Gasteiger partial charge in [-0.25, -0.2) is 0 Å².